The van der Waals surface area contributed by atoms with Gasteiger partial charge in [0, 0.05) is 45.1 Å². The van der Waals surface area contributed by atoms with E-state index in [2.05, 4.69) is 11.9 Å². The average molecular weight is 485 g/mol. The minimum absolute atomic E-state index is 0.0432. The van der Waals surface area contributed by atoms with Crippen LogP contribution in [0.25, 0.3) is 0 Å². The minimum Gasteiger partial charge on any atom is -0.475 e. The van der Waals surface area contributed by atoms with E-state index in [1.165, 1.54) is 25.7 Å². The summed E-state index contributed by atoms with van der Waals surface area (Å²) in [5.74, 6) is -4.58. The van der Waals surface area contributed by atoms with Gasteiger partial charge in [0.2, 0.25) is 11.8 Å². The Labute approximate surface area is 190 Å². The third-order valence-corrected chi connectivity index (χ3v) is 7.50. The number of piperidine rings is 1. The number of hydrogen-bond acceptors (Lipinski definition) is 4. The number of halogens is 5. The van der Waals surface area contributed by atoms with Crippen LogP contribution >= 0.6 is 0 Å². The lowest BCUT2D eigenvalue weighted by Gasteiger charge is -2.59. The van der Waals surface area contributed by atoms with Crippen LogP contribution in [0.4, 0.5) is 22.0 Å². The lowest BCUT2D eigenvalue weighted by Crippen LogP contribution is -2.73. The van der Waals surface area contributed by atoms with Crippen molar-refractivity contribution in [2.75, 3.05) is 39.9 Å². The maximum absolute atomic E-state index is 13.0. The summed E-state index contributed by atoms with van der Waals surface area (Å²) in [6.45, 7) is 4.16. The predicted molar refractivity (Wildman–Crippen MR) is 109 cm³/mol. The number of nitrogens with zero attached hydrogens (tertiary/aromatic N) is 2. The van der Waals surface area contributed by atoms with Gasteiger partial charge in [0.05, 0.1) is 5.54 Å². The van der Waals surface area contributed by atoms with Gasteiger partial charge in [0.25, 0.3) is 0 Å². The summed E-state index contributed by atoms with van der Waals surface area (Å²) in [5.41, 5.74) is 0.0432. The van der Waals surface area contributed by atoms with Crippen LogP contribution in [0, 0.1) is 17.8 Å². The molecule has 2 saturated heterocycles. The Bertz CT molecular complexity index is 697. The molecule has 2 saturated carbocycles. The number of carboxylic acids is 1. The molecular weight excluding hydrogens is 451 g/mol. The molecule has 0 aromatic carbocycles. The molecule has 0 bridgehead atoms. The summed E-state index contributed by atoms with van der Waals surface area (Å²) in [4.78, 5) is 25.5. The fourth-order valence-corrected chi connectivity index (χ4v) is 5.41. The third kappa shape index (κ3) is 6.55. The highest BCUT2D eigenvalue weighted by Gasteiger charge is 2.55. The van der Waals surface area contributed by atoms with Crippen molar-refractivity contribution in [3.05, 3.63) is 0 Å². The van der Waals surface area contributed by atoms with E-state index < -0.39 is 24.0 Å². The van der Waals surface area contributed by atoms with Gasteiger partial charge in [-0.15, -0.1) is 0 Å². The van der Waals surface area contributed by atoms with Crippen molar-refractivity contribution >= 4 is 11.9 Å². The van der Waals surface area contributed by atoms with Gasteiger partial charge in [0.15, 0.2) is 0 Å². The van der Waals surface area contributed by atoms with Crippen molar-refractivity contribution in [2.45, 2.75) is 69.0 Å². The van der Waals surface area contributed by atoms with E-state index in [9.17, 15) is 26.7 Å². The highest BCUT2D eigenvalue weighted by molar-refractivity contribution is 5.81. The molecule has 1 N–H and O–H groups in total. The normalized spacial score (nSPS) is 27.5. The minimum atomic E-state index is -5.08. The summed E-state index contributed by atoms with van der Waals surface area (Å²) < 4.78 is 63.8. The van der Waals surface area contributed by atoms with E-state index in [0.717, 1.165) is 38.5 Å². The van der Waals surface area contributed by atoms with Gasteiger partial charge in [-0.25, -0.2) is 13.6 Å². The van der Waals surface area contributed by atoms with Crippen LogP contribution < -0.4 is 0 Å². The third-order valence-electron chi connectivity index (χ3n) is 7.50. The first kappa shape index (κ1) is 26.1. The molecule has 4 rings (SSSR count). The van der Waals surface area contributed by atoms with E-state index in [-0.39, 0.29) is 24.3 Å². The zero-order valence-electron chi connectivity index (χ0n) is 18.9. The molecule has 1 amide bonds. The molecule has 190 valence electrons. The van der Waals surface area contributed by atoms with Gasteiger partial charge in [0.1, 0.15) is 0 Å². The molecule has 4 fully saturated rings. The SMILES string of the molecule is CN1CCC(COCC2CCCC2)CC12CN(C(=O)C1CC(F)(F)C1)C2.O=C(O)C(F)(F)F. The van der Waals surface area contributed by atoms with E-state index in [0.29, 0.717) is 19.0 Å². The van der Waals surface area contributed by atoms with Crippen LogP contribution in [0.2, 0.25) is 0 Å². The molecule has 2 aliphatic heterocycles. The molecule has 2 aliphatic carbocycles. The Morgan fingerprint density at radius 2 is 1.55 bits per heavy atom. The molecule has 1 unspecified atom stereocenters. The van der Waals surface area contributed by atoms with Crippen molar-refractivity contribution in [1.82, 2.24) is 9.80 Å². The van der Waals surface area contributed by atoms with Gasteiger partial charge in [-0.3, -0.25) is 9.69 Å². The second-order valence-corrected chi connectivity index (χ2v) is 10.2. The summed E-state index contributed by atoms with van der Waals surface area (Å²) in [6, 6.07) is 0. The summed E-state index contributed by atoms with van der Waals surface area (Å²) >= 11 is 0. The Balaban J connectivity index is 0.000000383. The number of rotatable bonds is 5. The molecule has 1 atom stereocenters. The fourth-order valence-electron chi connectivity index (χ4n) is 5.41. The number of carbonyl (C=O) groups is 2. The molecule has 6 nitrogen and oxygen atoms in total. The summed E-state index contributed by atoms with van der Waals surface area (Å²) in [6.07, 6.45) is 1.92. The van der Waals surface area contributed by atoms with Gasteiger partial charge in [-0.2, -0.15) is 13.2 Å². The van der Waals surface area contributed by atoms with Crippen molar-refractivity contribution in [1.29, 1.82) is 0 Å². The number of aliphatic carboxylic acids is 1. The zero-order valence-corrected chi connectivity index (χ0v) is 18.9. The molecular formula is C22H33F5N2O4. The standard InChI is InChI=1S/C20H32F2N2O2.C2HF3O2/c1-23-7-6-16(12-26-11-15-4-2-3-5-15)8-19(23)13-24(14-19)18(25)17-9-20(21,22)10-17;3-2(4,5)1(6)7/h15-17H,2-14H2,1H3;(H,6,7). The van der Waals surface area contributed by atoms with Crippen LogP contribution in [-0.2, 0) is 14.3 Å². The van der Waals surface area contributed by atoms with Crippen LogP contribution in [0.15, 0.2) is 0 Å². The number of carboxylic acid groups (broad SMARTS) is 1. The maximum Gasteiger partial charge on any atom is 0.490 e. The van der Waals surface area contributed by atoms with Gasteiger partial charge in [-0.1, -0.05) is 12.8 Å². The lowest BCUT2D eigenvalue weighted by atomic mass is 9.73. The Hall–Kier alpha value is -1.49. The summed E-state index contributed by atoms with van der Waals surface area (Å²) in [7, 11) is 2.13. The molecule has 11 heteroatoms. The van der Waals surface area contributed by atoms with E-state index >= 15 is 0 Å². The molecule has 1 spiro atoms. The van der Waals surface area contributed by atoms with E-state index in [4.69, 9.17) is 14.6 Å². The first-order valence-electron chi connectivity index (χ1n) is 11.6. The van der Waals surface area contributed by atoms with Crippen molar-refractivity contribution in [3.8, 4) is 0 Å². The van der Waals surface area contributed by atoms with E-state index in [1.54, 1.807) is 4.90 Å². The molecule has 4 aliphatic rings. The number of likely N-dealkylation sites (N-methyl/N-ethyl adjacent to an activating group) is 1. The molecule has 0 aromatic rings. The van der Waals surface area contributed by atoms with Crippen LogP contribution in [0.3, 0.4) is 0 Å². The molecule has 2 heterocycles. The second kappa shape index (κ2) is 10.0. The number of amides is 1. The number of ether oxygens (including phenoxy) is 1. The average Bonchev–Trinajstić information content (AvgIpc) is 3.18. The Morgan fingerprint density at radius 3 is 2.06 bits per heavy atom. The number of alkyl halides is 5. The summed E-state index contributed by atoms with van der Waals surface area (Å²) in [5, 5.41) is 7.12. The Kier molecular flexibility index (Phi) is 7.93. The van der Waals surface area contributed by atoms with Crippen LogP contribution in [0.1, 0.15) is 51.4 Å². The molecule has 33 heavy (non-hydrogen) atoms. The van der Waals surface area contributed by atoms with Gasteiger partial charge < -0.3 is 14.7 Å². The van der Waals surface area contributed by atoms with E-state index in [1.807, 2.05) is 0 Å². The van der Waals surface area contributed by atoms with Crippen molar-refractivity contribution < 1.29 is 41.4 Å². The zero-order chi connectivity index (χ0) is 24.4. The number of hydrogen-bond donors (Lipinski definition) is 1. The monoisotopic (exact) mass is 484 g/mol. The topological polar surface area (TPSA) is 70.1 Å². The first-order chi connectivity index (χ1) is 15.3. The highest BCUT2D eigenvalue weighted by Crippen LogP contribution is 2.46. The predicted octanol–water partition coefficient (Wildman–Crippen LogP) is 3.79. The highest BCUT2D eigenvalue weighted by atomic mass is 19.4. The molecule has 0 radical (unpaired) electrons. The quantitative estimate of drug-likeness (QED) is 0.602. The second-order valence-electron chi connectivity index (χ2n) is 10.2. The van der Waals surface area contributed by atoms with Gasteiger partial charge in [-0.05, 0) is 51.1 Å². The largest absolute Gasteiger partial charge is 0.490 e. The lowest BCUT2D eigenvalue weighted by molar-refractivity contribution is -0.192. The van der Waals surface area contributed by atoms with Crippen LogP contribution in [-0.4, -0.2) is 84.3 Å². The fraction of sp³-hybridized carbons (Fsp3) is 0.909. The smallest absolute Gasteiger partial charge is 0.475 e. The van der Waals surface area contributed by atoms with Crippen LogP contribution in [0.5, 0.6) is 0 Å². The Morgan fingerprint density at radius 1 is 1.00 bits per heavy atom. The van der Waals surface area contributed by atoms with Crippen molar-refractivity contribution in [3.63, 3.8) is 0 Å². The first-order valence-corrected chi connectivity index (χ1v) is 11.6. The molecule has 0 aromatic heterocycles. The maximum atomic E-state index is 13.0. The number of carbonyl (C=O) groups excluding carboxylic acids is 1. The number of likely N-dealkylation sites (tertiary alicyclic amines) is 2. The van der Waals surface area contributed by atoms with Gasteiger partial charge >= 0.3 is 12.1 Å². The van der Waals surface area contributed by atoms with Crippen molar-refractivity contribution in [2.24, 2.45) is 17.8 Å².